The second kappa shape index (κ2) is 9.59. The Hall–Kier alpha value is -2.55. The van der Waals surface area contributed by atoms with Crippen LogP contribution in [0.2, 0.25) is 0 Å². The second-order valence-corrected chi connectivity index (χ2v) is 6.99. The molecule has 8 nitrogen and oxygen atoms in total. The van der Waals surface area contributed by atoms with E-state index >= 15 is 0 Å². The summed E-state index contributed by atoms with van der Waals surface area (Å²) < 4.78 is 15.7. The molecular formula is C19H26BNO7. The van der Waals surface area contributed by atoms with Crippen LogP contribution in [0.4, 0.5) is 0 Å². The zero-order valence-corrected chi connectivity index (χ0v) is 16.6. The molecule has 152 valence electrons. The monoisotopic (exact) mass is 391 g/mol. The highest BCUT2D eigenvalue weighted by Gasteiger charge is 2.38. The molecule has 2 rings (SSSR count). The van der Waals surface area contributed by atoms with Gasteiger partial charge in [-0.3, -0.25) is 9.59 Å². The predicted octanol–water partition coefficient (Wildman–Crippen LogP) is 1.63. The SMILES string of the molecule is CCCC(=O)N[C@H]1Cc2cccc(C(=O)OC(C)OC(=O)C(C)C)c2OB1O. The van der Waals surface area contributed by atoms with Crippen LogP contribution in [0.5, 0.6) is 5.75 Å². The van der Waals surface area contributed by atoms with Gasteiger partial charge in [-0.05, 0) is 24.5 Å². The van der Waals surface area contributed by atoms with E-state index in [2.05, 4.69) is 5.32 Å². The minimum Gasteiger partial charge on any atom is -0.534 e. The Kier molecular flexibility index (Phi) is 7.45. The lowest BCUT2D eigenvalue weighted by molar-refractivity contribution is -0.169. The smallest absolute Gasteiger partial charge is 0.534 e. The maximum atomic E-state index is 12.5. The number of nitrogens with one attached hydrogen (secondary N) is 1. The van der Waals surface area contributed by atoms with E-state index in [0.29, 0.717) is 24.8 Å². The number of carbonyl (C=O) groups excluding carboxylic acids is 3. The highest BCUT2D eigenvalue weighted by atomic mass is 16.7. The van der Waals surface area contributed by atoms with Crippen molar-refractivity contribution < 1.29 is 33.5 Å². The van der Waals surface area contributed by atoms with Crippen molar-refractivity contribution in [1.82, 2.24) is 5.32 Å². The van der Waals surface area contributed by atoms with Crippen LogP contribution in [0.3, 0.4) is 0 Å². The van der Waals surface area contributed by atoms with Gasteiger partial charge in [0, 0.05) is 13.3 Å². The van der Waals surface area contributed by atoms with Gasteiger partial charge in [-0.1, -0.05) is 32.9 Å². The first kappa shape index (κ1) is 21.8. The van der Waals surface area contributed by atoms with Crippen LogP contribution in [0.15, 0.2) is 18.2 Å². The van der Waals surface area contributed by atoms with Gasteiger partial charge in [-0.2, -0.15) is 0 Å². The quantitative estimate of drug-likeness (QED) is 0.413. The molecule has 1 aromatic carbocycles. The molecule has 0 saturated carbocycles. The van der Waals surface area contributed by atoms with Gasteiger partial charge < -0.3 is 24.5 Å². The van der Waals surface area contributed by atoms with Gasteiger partial charge in [0.1, 0.15) is 11.3 Å². The number of ether oxygens (including phenoxy) is 2. The summed E-state index contributed by atoms with van der Waals surface area (Å²) in [5.41, 5.74) is 0.774. The van der Waals surface area contributed by atoms with E-state index in [9.17, 15) is 19.4 Å². The molecule has 2 atom stereocenters. The van der Waals surface area contributed by atoms with Crippen molar-refractivity contribution in [3.05, 3.63) is 29.3 Å². The molecule has 1 aliphatic heterocycles. The third kappa shape index (κ3) is 5.48. The predicted molar refractivity (Wildman–Crippen MR) is 101 cm³/mol. The topological polar surface area (TPSA) is 111 Å². The molecule has 0 bridgehead atoms. The van der Waals surface area contributed by atoms with Gasteiger partial charge in [0.15, 0.2) is 0 Å². The first-order valence-corrected chi connectivity index (χ1v) is 9.40. The minimum absolute atomic E-state index is 0.113. The fourth-order valence-corrected chi connectivity index (χ4v) is 2.75. The van der Waals surface area contributed by atoms with E-state index in [1.54, 1.807) is 26.0 Å². The molecule has 0 aromatic heterocycles. The summed E-state index contributed by atoms with van der Waals surface area (Å²) in [5.74, 6) is -2.14. The van der Waals surface area contributed by atoms with Crippen LogP contribution in [0.1, 0.15) is 56.5 Å². The van der Waals surface area contributed by atoms with Crippen molar-refractivity contribution in [1.29, 1.82) is 0 Å². The molecule has 0 spiro atoms. The Labute approximate surface area is 164 Å². The van der Waals surface area contributed by atoms with E-state index in [-0.39, 0.29) is 23.1 Å². The first-order valence-electron chi connectivity index (χ1n) is 9.40. The first-order chi connectivity index (χ1) is 13.2. The molecule has 1 unspecified atom stereocenters. The standard InChI is InChI=1S/C19H26BNO7/c1-5-7-16(22)21-15-10-13-8-6-9-14(17(13)28-20(15)25)19(24)27-12(4)26-18(23)11(2)3/h6,8-9,11-12,15,25H,5,7,10H2,1-4H3,(H,21,22)/t12?,15-/m0/s1. The lowest BCUT2D eigenvalue weighted by Crippen LogP contribution is -2.53. The van der Waals surface area contributed by atoms with Crippen LogP contribution in [-0.4, -0.2) is 42.2 Å². The number of hydrogen-bond donors (Lipinski definition) is 2. The Morgan fingerprint density at radius 1 is 1.29 bits per heavy atom. The lowest BCUT2D eigenvalue weighted by atomic mass is 9.72. The molecule has 2 N–H and O–H groups in total. The molecular weight excluding hydrogens is 365 g/mol. The summed E-state index contributed by atoms with van der Waals surface area (Å²) in [5, 5.41) is 13.0. The average Bonchev–Trinajstić information content (AvgIpc) is 2.61. The summed E-state index contributed by atoms with van der Waals surface area (Å²) in [6.07, 6.45) is 0.301. The zero-order chi connectivity index (χ0) is 20.8. The van der Waals surface area contributed by atoms with Crippen molar-refractivity contribution in [3.63, 3.8) is 0 Å². The number of benzene rings is 1. The van der Waals surface area contributed by atoms with Crippen LogP contribution in [-0.2, 0) is 25.5 Å². The van der Waals surface area contributed by atoms with E-state index in [0.717, 1.165) is 0 Å². The fourth-order valence-electron chi connectivity index (χ4n) is 2.75. The number of carbonyl (C=O) groups is 3. The number of esters is 2. The molecule has 1 heterocycles. The Morgan fingerprint density at radius 2 is 2.00 bits per heavy atom. The molecule has 9 heteroatoms. The summed E-state index contributed by atoms with van der Waals surface area (Å²) in [7, 11) is -1.29. The Morgan fingerprint density at radius 3 is 2.64 bits per heavy atom. The van der Waals surface area contributed by atoms with E-state index < -0.39 is 31.3 Å². The van der Waals surface area contributed by atoms with Crippen molar-refractivity contribution in [2.75, 3.05) is 0 Å². The van der Waals surface area contributed by atoms with E-state index in [1.807, 2.05) is 6.92 Å². The van der Waals surface area contributed by atoms with Crippen LogP contribution < -0.4 is 9.97 Å². The van der Waals surface area contributed by atoms with E-state index in [4.69, 9.17) is 14.1 Å². The van der Waals surface area contributed by atoms with Crippen LogP contribution in [0.25, 0.3) is 0 Å². The van der Waals surface area contributed by atoms with Gasteiger partial charge >= 0.3 is 19.1 Å². The van der Waals surface area contributed by atoms with Gasteiger partial charge in [-0.25, -0.2) is 4.79 Å². The molecule has 1 aromatic rings. The average molecular weight is 391 g/mol. The molecule has 28 heavy (non-hydrogen) atoms. The Bertz CT molecular complexity index is 737. The summed E-state index contributed by atoms with van der Waals surface area (Å²) in [4.78, 5) is 35.9. The molecule has 0 saturated heterocycles. The van der Waals surface area contributed by atoms with Gasteiger partial charge in [0.05, 0.1) is 11.9 Å². The number of rotatable bonds is 7. The highest BCUT2D eigenvalue weighted by Crippen LogP contribution is 2.31. The minimum atomic E-state index is -1.29. The van der Waals surface area contributed by atoms with Crippen LogP contribution >= 0.6 is 0 Å². The largest absolute Gasteiger partial charge is 0.547 e. The highest BCUT2D eigenvalue weighted by molar-refractivity contribution is 6.47. The zero-order valence-electron chi connectivity index (χ0n) is 16.6. The molecule has 0 fully saturated rings. The third-order valence-corrected chi connectivity index (χ3v) is 4.19. The lowest BCUT2D eigenvalue weighted by Gasteiger charge is -2.29. The molecule has 1 aliphatic rings. The molecule has 0 aliphatic carbocycles. The fraction of sp³-hybridized carbons (Fsp3) is 0.526. The second-order valence-electron chi connectivity index (χ2n) is 6.99. The van der Waals surface area contributed by atoms with Gasteiger partial charge in [0.2, 0.25) is 12.2 Å². The van der Waals surface area contributed by atoms with Crippen molar-refractivity contribution in [3.8, 4) is 5.75 Å². The maximum Gasteiger partial charge on any atom is 0.547 e. The van der Waals surface area contributed by atoms with Gasteiger partial charge in [0.25, 0.3) is 0 Å². The van der Waals surface area contributed by atoms with Gasteiger partial charge in [-0.15, -0.1) is 0 Å². The number of amides is 1. The van der Waals surface area contributed by atoms with Crippen molar-refractivity contribution in [2.24, 2.45) is 5.92 Å². The van der Waals surface area contributed by atoms with Crippen molar-refractivity contribution in [2.45, 2.75) is 59.2 Å². The molecule has 0 radical (unpaired) electrons. The summed E-state index contributed by atoms with van der Waals surface area (Å²) in [6, 6.07) is 4.91. The normalized spacial score (nSPS) is 16.6. The third-order valence-electron chi connectivity index (χ3n) is 4.19. The van der Waals surface area contributed by atoms with Crippen LogP contribution in [0, 0.1) is 5.92 Å². The number of hydrogen-bond acceptors (Lipinski definition) is 7. The number of para-hydroxylation sites is 1. The van der Waals surface area contributed by atoms with E-state index in [1.165, 1.54) is 13.0 Å². The summed E-state index contributed by atoms with van der Waals surface area (Å²) >= 11 is 0. The van der Waals surface area contributed by atoms with Crippen molar-refractivity contribution >= 4 is 25.0 Å². The maximum absolute atomic E-state index is 12.5. The molecule has 1 amide bonds. The Balaban J connectivity index is 2.10. The summed E-state index contributed by atoms with van der Waals surface area (Å²) in [6.45, 7) is 6.69. The number of fused-ring (bicyclic) bond motifs is 1.